The summed E-state index contributed by atoms with van der Waals surface area (Å²) >= 11 is 0. The van der Waals surface area contributed by atoms with Gasteiger partial charge in [0.15, 0.2) is 15.5 Å². The molecule has 0 aliphatic carbocycles. The average molecular weight is 554 g/mol. The second kappa shape index (κ2) is 10.5. The highest BCUT2D eigenvalue weighted by molar-refractivity contribution is 7.89. The first-order chi connectivity index (χ1) is 18.8. The van der Waals surface area contributed by atoms with Crippen LogP contribution in [0.1, 0.15) is 63.7 Å². The van der Waals surface area contributed by atoms with Gasteiger partial charge in [-0.05, 0) is 37.8 Å². The Morgan fingerprint density at radius 1 is 1.08 bits per heavy atom. The van der Waals surface area contributed by atoms with Crippen LogP contribution < -0.4 is 4.90 Å². The van der Waals surface area contributed by atoms with E-state index in [1.807, 2.05) is 34.5 Å². The number of benzene rings is 1. The summed E-state index contributed by atoms with van der Waals surface area (Å²) in [5.74, 6) is 0.741. The van der Waals surface area contributed by atoms with E-state index in [9.17, 15) is 13.2 Å². The van der Waals surface area contributed by atoms with Gasteiger partial charge in [-0.1, -0.05) is 17.7 Å². The molecule has 11 heteroatoms. The molecule has 2 aromatic heterocycles. The quantitative estimate of drug-likeness (QED) is 0.475. The van der Waals surface area contributed by atoms with E-state index in [4.69, 9.17) is 19.6 Å². The van der Waals surface area contributed by atoms with Crippen molar-refractivity contribution in [1.29, 1.82) is 0 Å². The molecule has 1 atom stereocenters. The summed E-state index contributed by atoms with van der Waals surface area (Å²) in [6, 6.07) is 7.22. The highest BCUT2D eigenvalue weighted by atomic mass is 32.2. The molecule has 3 aromatic rings. The van der Waals surface area contributed by atoms with Gasteiger partial charge in [0.1, 0.15) is 5.82 Å². The number of sulfone groups is 1. The molecule has 0 N–H and O–H groups in total. The van der Waals surface area contributed by atoms with E-state index in [-0.39, 0.29) is 17.7 Å². The number of carbonyl (C=O) groups excluding carboxylic acids is 1. The van der Waals surface area contributed by atoms with E-state index in [1.54, 1.807) is 6.07 Å². The lowest BCUT2D eigenvalue weighted by atomic mass is 9.96. The van der Waals surface area contributed by atoms with Crippen LogP contribution >= 0.6 is 0 Å². The SMILES string of the molecule is Cc1ccc(CS(C)(=O)=O)c(C(=O)N2CCCCC2c2cc3nc4c(c(N5CCOCC5)n3n2)CCOC4)c1. The number of aryl methyl sites for hydroxylation is 1. The molecule has 3 aliphatic rings. The number of piperidine rings is 1. The number of hydrogen-bond donors (Lipinski definition) is 0. The minimum atomic E-state index is -3.30. The van der Waals surface area contributed by atoms with E-state index >= 15 is 0 Å². The third-order valence-electron chi connectivity index (χ3n) is 7.84. The Morgan fingerprint density at radius 3 is 2.69 bits per heavy atom. The van der Waals surface area contributed by atoms with Crippen LogP contribution in [0, 0.1) is 6.92 Å². The zero-order chi connectivity index (χ0) is 27.1. The fourth-order valence-electron chi connectivity index (χ4n) is 6.00. The van der Waals surface area contributed by atoms with Crippen LogP contribution in [0.25, 0.3) is 5.65 Å². The summed E-state index contributed by atoms with van der Waals surface area (Å²) in [6.07, 6.45) is 4.65. The molecule has 1 unspecified atom stereocenters. The zero-order valence-electron chi connectivity index (χ0n) is 22.6. The Morgan fingerprint density at radius 2 is 1.90 bits per heavy atom. The normalized spacial score (nSPS) is 20.3. The van der Waals surface area contributed by atoms with Gasteiger partial charge >= 0.3 is 0 Å². The number of ether oxygens (including phenoxy) is 2. The number of anilines is 1. The second-order valence-electron chi connectivity index (χ2n) is 10.8. The van der Waals surface area contributed by atoms with Crippen LogP contribution in [0.5, 0.6) is 0 Å². The van der Waals surface area contributed by atoms with E-state index in [1.165, 1.54) is 11.8 Å². The second-order valence-corrected chi connectivity index (χ2v) is 13.0. The topological polar surface area (TPSA) is 106 Å². The van der Waals surface area contributed by atoms with Crippen LogP contribution in [0.4, 0.5) is 5.82 Å². The van der Waals surface area contributed by atoms with Gasteiger partial charge < -0.3 is 19.3 Å². The predicted molar refractivity (Wildman–Crippen MR) is 147 cm³/mol. The largest absolute Gasteiger partial charge is 0.378 e. The van der Waals surface area contributed by atoms with Crippen LogP contribution in [-0.2, 0) is 38.1 Å². The van der Waals surface area contributed by atoms with Gasteiger partial charge in [0.05, 0.1) is 49.6 Å². The highest BCUT2D eigenvalue weighted by Crippen LogP contribution is 2.35. The molecule has 3 aliphatic heterocycles. The van der Waals surface area contributed by atoms with Crippen LogP contribution in [-0.4, -0.2) is 79.5 Å². The predicted octanol–water partition coefficient (Wildman–Crippen LogP) is 2.86. The van der Waals surface area contributed by atoms with Gasteiger partial charge in [0, 0.05) is 49.5 Å². The standard InChI is InChI=1S/C28H35N5O5S/c1-19-6-7-20(18-39(2,35)36)22(15-19)28(34)32-9-4-3-5-25(32)23-16-26-29-24-17-38-12-8-21(24)27(33(26)30-23)31-10-13-37-14-11-31/h6-7,15-16,25H,3-5,8-14,17-18H2,1-2H3. The summed E-state index contributed by atoms with van der Waals surface area (Å²) in [5, 5.41) is 5.09. The molecular weight excluding hydrogens is 518 g/mol. The number of morpholine rings is 1. The van der Waals surface area contributed by atoms with Gasteiger partial charge in [-0.3, -0.25) is 4.79 Å². The lowest BCUT2D eigenvalue weighted by Crippen LogP contribution is -2.39. The summed E-state index contributed by atoms with van der Waals surface area (Å²) in [5.41, 5.74) is 5.60. The minimum absolute atomic E-state index is 0.145. The fourth-order valence-corrected chi connectivity index (χ4v) is 6.82. The highest BCUT2D eigenvalue weighted by Gasteiger charge is 2.33. The third kappa shape index (κ3) is 5.27. The Kier molecular flexibility index (Phi) is 7.07. The first-order valence-electron chi connectivity index (χ1n) is 13.7. The van der Waals surface area contributed by atoms with Crippen molar-refractivity contribution in [2.45, 2.75) is 51.0 Å². The zero-order valence-corrected chi connectivity index (χ0v) is 23.4. The van der Waals surface area contributed by atoms with E-state index in [0.717, 1.165) is 67.2 Å². The lowest BCUT2D eigenvalue weighted by Gasteiger charge is -2.35. The molecule has 0 radical (unpaired) electrons. The minimum Gasteiger partial charge on any atom is -0.378 e. The maximum Gasteiger partial charge on any atom is 0.254 e. The monoisotopic (exact) mass is 553 g/mol. The van der Waals surface area contributed by atoms with Gasteiger partial charge in [-0.25, -0.2) is 13.4 Å². The van der Waals surface area contributed by atoms with Crippen LogP contribution in [0.3, 0.4) is 0 Å². The lowest BCUT2D eigenvalue weighted by molar-refractivity contribution is 0.0604. The van der Waals surface area contributed by atoms with Crippen molar-refractivity contribution < 1.29 is 22.7 Å². The Labute approximate surface area is 228 Å². The Hall–Kier alpha value is -3.02. The number of amides is 1. The maximum absolute atomic E-state index is 14.0. The van der Waals surface area contributed by atoms with Gasteiger partial charge in [0.25, 0.3) is 5.91 Å². The number of carbonyl (C=O) groups is 1. The van der Waals surface area contributed by atoms with E-state index < -0.39 is 9.84 Å². The van der Waals surface area contributed by atoms with Crippen molar-refractivity contribution in [3.63, 3.8) is 0 Å². The summed E-state index contributed by atoms with van der Waals surface area (Å²) < 4.78 is 37.6. The molecule has 208 valence electrons. The summed E-state index contributed by atoms with van der Waals surface area (Å²) in [7, 11) is -3.30. The van der Waals surface area contributed by atoms with Crippen molar-refractivity contribution in [3.05, 3.63) is 57.9 Å². The van der Waals surface area contributed by atoms with Gasteiger partial charge in [-0.15, -0.1) is 0 Å². The number of rotatable bonds is 5. The number of likely N-dealkylation sites (tertiary alicyclic amines) is 1. The smallest absolute Gasteiger partial charge is 0.254 e. The van der Waals surface area contributed by atoms with Gasteiger partial charge in [0.2, 0.25) is 0 Å². The summed E-state index contributed by atoms with van der Waals surface area (Å²) in [4.78, 5) is 23.2. The maximum atomic E-state index is 14.0. The summed E-state index contributed by atoms with van der Waals surface area (Å²) in [6.45, 7) is 6.55. The average Bonchev–Trinajstić information content (AvgIpc) is 3.35. The molecule has 0 saturated carbocycles. The molecule has 5 heterocycles. The molecule has 39 heavy (non-hydrogen) atoms. The van der Waals surface area contributed by atoms with Crippen molar-refractivity contribution in [3.8, 4) is 0 Å². The Balaban J connectivity index is 1.41. The van der Waals surface area contributed by atoms with Gasteiger partial charge in [-0.2, -0.15) is 9.61 Å². The van der Waals surface area contributed by atoms with Crippen LogP contribution in [0.2, 0.25) is 0 Å². The molecule has 2 saturated heterocycles. The van der Waals surface area contributed by atoms with Crippen molar-refractivity contribution in [1.82, 2.24) is 19.5 Å². The van der Waals surface area contributed by atoms with Crippen molar-refractivity contribution in [2.75, 3.05) is 50.6 Å². The Bertz CT molecular complexity index is 1510. The number of nitrogens with zero attached hydrogens (tertiary/aromatic N) is 5. The van der Waals surface area contributed by atoms with Crippen molar-refractivity contribution in [2.24, 2.45) is 0 Å². The first-order valence-corrected chi connectivity index (χ1v) is 15.7. The van der Waals surface area contributed by atoms with E-state index in [0.29, 0.717) is 44.1 Å². The molecule has 1 aromatic carbocycles. The molecule has 6 rings (SSSR count). The van der Waals surface area contributed by atoms with Crippen LogP contribution in [0.15, 0.2) is 24.3 Å². The molecule has 2 fully saturated rings. The first kappa shape index (κ1) is 26.2. The van der Waals surface area contributed by atoms with Crippen molar-refractivity contribution >= 4 is 27.2 Å². The molecule has 0 bridgehead atoms. The van der Waals surface area contributed by atoms with E-state index in [2.05, 4.69) is 4.90 Å². The number of hydrogen-bond acceptors (Lipinski definition) is 8. The molecular formula is C28H35N5O5S. The molecule has 1 amide bonds. The number of aromatic nitrogens is 3. The number of fused-ring (bicyclic) bond motifs is 2. The third-order valence-corrected chi connectivity index (χ3v) is 8.68. The molecule has 10 nitrogen and oxygen atoms in total. The molecule has 0 spiro atoms. The fraction of sp³-hybridized carbons (Fsp3) is 0.536.